The van der Waals surface area contributed by atoms with Crippen LogP contribution in [0.25, 0.3) is 16.5 Å². The number of para-hydroxylation sites is 1. The second kappa shape index (κ2) is 8.97. The van der Waals surface area contributed by atoms with E-state index < -0.39 is 0 Å². The van der Waals surface area contributed by atoms with Gasteiger partial charge in [0.25, 0.3) is 0 Å². The van der Waals surface area contributed by atoms with Gasteiger partial charge in [0.05, 0.1) is 23.3 Å². The van der Waals surface area contributed by atoms with E-state index >= 15 is 0 Å². The minimum absolute atomic E-state index is 0.937. The highest BCUT2D eigenvalue weighted by atomic mass is 15.5. The first-order valence-corrected chi connectivity index (χ1v) is 11.3. The Morgan fingerprint density at radius 3 is 2.38 bits per heavy atom. The molecule has 5 rings (SSSR count). The smallest absolute Gasteiger partial charge is 0.0689 e. The van der Waals surface area contributed by atoms with Crippen molar-refractivity contribution in [3.63, 3.8) is 0 Å². The molecule has 1 aliphatic heterocycles. The average molecular weight is 424 g/mol. The molecule has 1 aliphatic rings. The summed E-state index contributed by atoms with van der Waals surface area (Å²) in [6.07, 6.45) is 1.98. The molecule has 0 amide bonds. The number of aryl methyl sites for hydroxylation is 1. The molecule has 0 N–H and O–H groups in total. The molecule has 5 heteroatoms. The van der Waals surface area contributed by atoms with E-state index in [1.807, 2.05) is 29.1 Å². The number of hydrazone groups is 1. The van der Waals surface area contributed by atoms with E-state index in [-0.39, 0.29) is 0 Å². The molecular weight excluding hydrogens is 394 g/mol. The Kier molecular flexibility index (Phi) is 5.73. The van der Waals surface area contributed by atoms with E-state index in [0.717, 1.165) is 55.4 Å². The van der Waals surface area contributed by atoms with Crippen molar-refractivity contribution in [1.29, 1.82) is 0 Å². The van der Waals surface area contributed by atoms with E-state index in [1.54, 1.807) is 0 Å². The number of nitrogens with zero attached hydrogens (tertiary/aromatic N) is 5. The zero-order valence-electron chi connectivity index (χ0n) is 18.8. The van der Waals surface area contributed by atoms with E-state index in [2.05, 4.69) is 78.4 Å². The maximum atomic E-state index is 4.80. The Hall–Kier alpha value is -3.44. The van der Waals surface area contributed by atoms with Crippen molar-refractivity contribution in [2.24, 2.45) is 5.10 Å². The Morgan fingerprint density at radius 1 is 0.844 bits per heavy atom. The Morgan fingerprint density at radius 2 is 1.56 bits per heavy atom. The van der Waals surface area contributed by atoms with Gasteiger partial charge in [-0.2, -0.15) is 10.2 Å². The molecule has 32 heavy (non-hydrogen) atoms. The van der Waals surface area contributed by atoms with Gasteiger partial charge in [-0.25, -0.2) is 4.68 Å². The lowest BCUT2D eigenvalue weighted by molar-refractivity contribution is 0.131. The second-order valence-corrected chi connectivity index (χ2v) is 8.44. The van der Waals surface area contributed by atoms with Gasteiger partial charge in [-0.1, -0.05) is 60.7 Å². The first kappa shape index (κ1) is 20.5. The standard InChI is InChI=1S/C27H29N5/c1-21-27(22(2)32(29-21)25-12-4-3-5-13-25)19-28-31-17-15-30(16-18-31)20-24-11-8-10-23-9-6-7-14-26(23)24/h3-14,19H,15-18,20H2,1-2H3. The lowest BCUT2D eigenvalue weighted by Gasteiger charge is -2.33. The number of fused-ring (bicyclic) bond motifs is 1. The normalized spacial score (nSPS) is 15.1. The Labute approximate surface area is 189 Å². The van der Waals surface area contributed by atoms with Gasteiger partial charge in [0, 0.05) is 38.3 Å². The van der Waals surface area contributed by atoms with E-state index in [4.69, 9.17) is 10.2 Å². The molecule has 0 unspecified atom stereocenters. The molecule has 0 radical (unpaired) electrons. The minimum Gasteiger partial charge on any atom is -0.295 e. The van der Waals surface area contributed by atoms with Crippen LogP contribution in [0, 0.1) is 13.8 Å². The molecule has 1 aromatic heterocycles. The summed E-state index contributed by atoms with van der Waals surface area (Å²) in [6.45, 7) is 9.05. The van der Waals surface area contributed by atoms with Crippen LogP contribution in [0.2, 0.25) is 0 Å². The van der Waals surface area contributed by atoms with E-state index in [0.29, 0.717) is 0 Å². The fourth-order valence-corrected chi connectivity index (χ4v) is 4.48. The maximum absolute atomic E-state index is 4.80. The molecule has 162 valence electrons. The van der Waals surface area contributed by atoms with Crippen molar-refractivity contribution in [2.75, 3.05) is 26.2 Å². The minimum atomic E-state index is 0.937. The molecule has 2 heterocycles. The maximum Gasteiger partial charge on any atom is 0.0689 e. The van der Waals surface area contributed by atoms with Crippen LogP contribution in [0.15, 0.2) is 77.9 Å². The number of hydrogen-bond acceptors (Lipinski definition) is 4. The molecule has 0 spiro atoms. The largest absolute Gasteiger partial charge is 0.295 e. The quantitative estimate of drug-likeness (QED) is 0.433. The summed E-state index contributed by atoms with van der Waals surface area (Å²) < 4.78 is 2.00. The van der Waals surface area contributed by atoms with Gasteiger partial charge in [-0.15, -0.1) is 0 Å². The Bertz CT molecular complexity index is 1230. The SMILES string of the molecule is Cc1nn(-c2ccccc2)c(C)c1C=NN1CCN(Cc2cccc3ccccc23)CC1. The third-order valence-electron chi connectivity index (χ3n) is 6.32. The molecule has 5 nitrogen and oxygen atoms in total. The van der Waals surface area contributed by atoms with Crippen molar-refractivity contribution in [1.82, 2.24) is 19.7 Å². The number of aromatic nitrogens is 2. The zero-order chi connectivity index (χ0) is 21.9. The van der Waals surface area contributed by atoms with Crippen molar-refractivity contribution >= 4 is 17.0 Å². The first-order valence-electron chi connectivity index (χ1n) is 11.3. The van der Waals surface area contributed by atoms with Crippen LogP contribution in [0.4, 0.5) is 0 Å². The highest BCUT2D eigenvalue weighted by Gasteiger charge is 2.17. The van der Waals surface area contributed by atoms with Crippen molar-refractivity contribution in [2.45, 2.75) is 20.4 Å². The van der Waals surface area contributed by atoms with Gasteiger partial charge in [0.2, 0.25) is 0 Å². The summed E-state index contributed by atoms with van der Waals surface area (Å²) in [5.41, 5.74) is 5.71. The zero-order valence-corrected chi connectivity index (χ0v) is 18.8. The average Bonchev–Trinajstić information content (AvgIpc) is 3.12. The van der Waals surface area contributed by atoms with Gasteiger partial charge in [-0.3, -0.25) is 9.91 Å². The van der Waals surface area contributed by atoms with Crippen molar-refractivity contribution < 1.29 is 0 Å². The topological polar surface area (TPSA) is 36.7 Å². The third-order valence-corrected chi connectivity index (χ3v) is 6.32. The van der Waals surface area contributed by atoms with Gasteiger partial charge in [0.1, 0.15) is 0 Å². The fraction of sp³-hybridized carbons (Fsp3) is 0.259. The molecule has 0 bridgehead atoms. The predicted molar refractivity (Wildman–Crippen MR) is 131 cm³/mol. The molecule has 1 saturated heterocycles. The number of rotatable bonds is 5. The lowest BCUT2D eigenvalue weighted by atomic mass is 10.0. The molecular formula is C27H29N5. The van der Waals surface area contributed by atoms with Gasteiger partial charge in [-0.05, 0) is 42.3 Å². The predicted octanol–water partition coefficient (Wildman–Crippen LogP) is 4.79. The van der Waals surface area contributed by atoms with E-state index in [9.17, 15) is 0 Å². The second-order valence-electron chi connectivity index (χ2n) is 8.44. The van der Waals surface area contributed by atoms with Crippen LogP contribution < -0.4 is 0 Å². The summed E-state index contributed by atoms with van der Waals surface area (Å²) in [5, 5.41) is 14.4. The summed E-state index contributed by atoms with van der Waals surface area (Å²) in [5.74, 6) is 0. The van der Waals surface area contributed by atoms with Gasteiger partial charge in [0.15, 0.2) is 0 Å². The van der Waals surface area contributed by atoms with Crippen LogP contribution in [0.5, 0.6) is 0 Å². The highest BCUT2D eigenvalue weighted by Crippen LogP contribution is 2.21. The van der Waals surface area contributed by atoms with Crippen LogP contribution in [0.3, 0.4) is 0 Å². The monoisotopic (exact) mass is 423 g/mol. The third kappa shape index (κ3) is 4.16. The first-order chi connectivity index (χ1) is 15.7. The summed E-state index contributed by atoms with van der Waals surface area (Å²) in [4.78, 5) is 2.53. The van der Waals surface area contributed by atoms with Gasteiger partial charge < -0.3 is 0 Å². The summed E-state index contributed by atoms with van der Waals surface area (Å²) in [7, 11) is 0. The molecule has 4 aromatic rings. The van der Waals surface area contributed by atoms with Crippen molar-refractivity contribution in [3.05, 3.63) is 95.3 Å². The van der Waals surface area contributed by atoms with Crippen LogP contribution in [0.1, 0.15) is 22.5 Å². The van der Waals surface area contributed by atoms with Gasteiger partial charge >= 0.3 is 0 Å². The molecule has 0 atom stereocenters. The lowest BCUT2D eigenvalue weighted by Crippen LogP contribution is -2.43. The molecule has 0 aliphatic carbocycles. The fourth-order valence-electron chi connectivity index (χ4n) is 4.48. The summed E-state index contributed by atoms with van der Waals surface area (Å²) >= 11 is 0. The van der Waals surface area contributed by atoms with E-state index in [1.165, 1.54) is 16.3 Å². The molecule has 1 fully saturated rings. The molecule has 0 saturated carbocycles. The van der Waals surface area contributed by atoms with Crippen molar-refractivity contribution in [3.8, 4) is 5.69 Å². The van der Waals surface area contributed by atoms with Crippen LogP contribution in [-0.2, 0) is 6.54 Å². The number of benzene rings is 3. The number of hydrogen-bond donors (Lipinski definition) is 0. The number of piperazine rings is 1. The van der Waals surface area contributed by atoms with Crippen LogP contribution in [-0.4, -0.2) is 52.1 Å². The molecule has 3 aromatic carbocycles. The highest BCUT2D eigenvalue weighted by molar-refractivity contribution is 5.85. The van der Waals surface area contributed by atoms with Crippen LogP contribution >= 0.6 is 0 Å². The Balaban J connectivity index is 1.23. The summed E-state index contributed by atoms with van der Waals surface area (Å²) in [6, 6.07) is 25.5.